The first-order valence-electron chi connectivity index (χ1n) is 5.85. The minimum absolute atomic E-state index is 0.328. The van der Waals surface area contributed by atoms with Crippen LogP contribution in [0.5, 0.6) is 0 Å². The van der Waals surface area contributed by atoms with Gasteiger partial charge in [-0.2, -0.15) is 0 Å². The lowest BCUT2D eigenvalue weighted by atomic mass is 10.3. The van der Waals surface area contributed by atoms with E-state index in [1.165, 1.54) is 10.8 Å². The third kappa shape index (κ3) is 1.83. The molecule has 0 aliphatic carbocycles. The van der Waals surface area contributed by atoms with Crippen LogP contribution < -0.4 is 5.56 Å². The summed E-state index contributed by atoms with van der Waals surface area (Å²) in [5.41, 5.74) is 0.0115. The van der Waals surface area contributed by atoms with Gasteiger partial charge in [0.1, 0.15) is 5.52 Å². The topological polar surface area (TPSA) is 85.1 Å². The van der Waals surface area contributed by atoms with Crippen molar-refractivity contribution in [2.75, 3.05) is 0 Å². The Hall–Kier alpha value is -3.02. The van der Waals surface area contributed by atoms with E-state index in [1.54, 1.807) is 36.4 Å². The number of carboxylic acids is 1. The molecule has 1 aromatic carbocycles. The lowest BCUT2D eigenvalue weighted by molar-refractivity contribution is 0.0688. The maximum Gasteiger partial charge on any atom is 0.360 e. The fourth-order valence-electron chi connectivity index (χ4n) is 1.97. The molecule has 1 N–H and O–H groups in total. The zero-order valence-electron chi connectivity index (χ0n) is 10.2. The van der Waals surface area contributed by atoms with Gasteiger partial charge in [-0.15, -0.1) is 0 Å². The summed E-state index contributed by atoms with van der Waals surface area (Å²) in [6.45, 7) is 0. The molecule has 0 atom stereocenters. The molecular formula is C14H9N3O3. The van der Waals surface area contributed by atoms with Crippen LogP contribution in [0.1, 0.15) is 10.5 Å². The second-order valence-electron chi connectivity index (χ2n) is 4.09. The number of fused-ring (bicyclic) bond motifs is 1. The molecular weight excluding hydrogens is 258 g/mol. The number of hydrogen-bond acceptors (Lipinski definition) is 4. The van der Waals surface area contributed by atoms with Gasteiger partial charge in [0, 0.05) is 6.20 Å². The van der Waals surface area contributed by atoms with E-state index >= 15 is 0 Å². The molecule has 3 rings (SSSR count). The second kappa shape index (κ2) is 4.58. The standard InChI is InChI=1S/C14H9N3O3/c18-13-11(14(19)20)16-10-7-4-8-15-12(10)17(13)9-5-2-1-3-6-9/h1-8H,(H,19,20). The van der Waals surface area contributed by atoms with E-state index in [-0.39, 0.29) is 0 Å². The summed E-state index contributed by atoms with van der Waals surface area (Å²) in [5.74, 6) is -1.36. The summed E-state index contributed by atoms with van der Waals surface area (Å²) >= 11 is 0. The third-order valence-electron chi connectivity index (χ3n) is 2.83. The highest BCUT2D eigenvalue weighted by molar-refractivity contribution is 5.87. The second-order valence-corrected chi connectivity index (χ2v) is 4.09. The number of carboxylic acid groups (broad SMARTS) is 1. The lowest BCUT2D eigenvalue weighted by Crippen LogP contribution is -2.27. The van der Waals surface area contributed by atoms with E-state index in [9.17, 15) is 9.59 Å². The van der Waals surface area contributed by atoms with Crippen LogP contribution in [0.25, 0.3) is 16.9 Å². The van der Waals surface area contributed by atoms with Gasteiger partial charge in [0.25, 0.3) is 5.56 Å². The fourth-order valence-corrected chi connectivity index (χ4v) is 1.97. The number of pyridine rings is 1. The molecule has 0 saturated carbocycles. The Morgan fingerprint density at radius 1 is 1.10 bits per heavy atom. The van der Waals surface area contributed by atoms with Crippen LogP contribution in [0, 0.1) is 0 Å². The zero-order chi connectivity index (χ0) is 14.1. The van der Waals surface area contributed by atoms with Crippen LogP contribution in [0.2, 0.25) is 0 Å². The first-order chi connectivity index (χ1) is 9.68. The molecule has 98 valence electrons. The zero-order valence-corrected chi connectivity index (χ0v) is 10.2. The average Bonchev–Trinajstić information content (AvgIpc) is 2.47. The van der Waals surface area contributed by atoms with Gasteiger partial charge < -0.3 is 5.11 Å². The lowest BCUT2D eigenvalue weighted by Gasteiger charge is -2.09. The number of para-hydroxylation sites is 1. The van der Waals surface area contributed by atoms with E-state index in [0.29, 0.717) is 16.9 Å². The molecule has 0 aliphatic heterocycles. The molecule has 0 bridgehead atoms. The molecule has 0 spiro atoms. The van der Waals surface area contributed by atoms with Crippen molar-refractivity contribution in [1.29, 1.82) is 0 Å². The SMILES string of the molecule is O=C(O)c1nc2cccnc2n(-c2ccccc2)c1=O. The molecule has 3 aromatic rings. The molecule has 6 nitrogen and oxygen atoms in total. The van der Waals surface area contributed by atoms with Crippen LogP contribution in [0.3, 0.4) is 0 Å². The predicted molar refractivity (Wildman–Crippen MR) is 72.1 cm³/mol. The van der Waals surface area contributed by atoms with E-state index < -0.39 is 17.2 Å². The van der Waals surface area contributed by atoms with Gasteiger partial charge in [0.05, 0.1) is 5.69 Å². The monoisotopic (exact) mass is 267 g/mol. The molecule has 0 unspecified atom stereocenters. The van der Waals surface area contributed by atoms with Gasteiger partial charge in [-0.05, 0) is 24.3 Å². The van der Waals surface area contributed by atoms with E-state index in [4.69, 9.17) is 5.11 Å². The van der Waals surface area contributed by atoms with E-state index in [2.05, 4.69) is 9.97 Å². The van der Waals surface area contributed by atoms with Crippen molar-refractivity contribution >= 4 is 17.1 Å². The van der Waals surface area contributed by atoms with Crippen molar-refractivity contribution in [3.8, 4) is 5.69 Å². The minimum atomic E-state index is -1.36. The van der Waals surface area contributed by atoms with Crippen LogP contribution in [0.4, 0.5) is 0 Å². The fraction of sp³-hybridized carbons (Fsp3) is 0. The Labute approximate surface area is 113 Å². The Morgan fingerprint density at radius 3 is 2.55 bits per heavy atom. The number of carbonyl (C=O) groups is 1. The molecule has 2 aromatic heterocycles. The first-order valence-corrected chi connectivity index (χ1v) is 5.85. The Balaban J connectivity index is 2.48. The summed E-state index contributed by atoms with van der Waals surface area (Å²) in [6, 6.07) is 12.0. The number of benzene rings is 1. The average molecular weight is 267 g/mol. The molecule has 0 saturated heterocycles. The Bertz CT molecular complexity index is 856. The van der Waals surface area contributed by atoms with E-state index in [1.807, 2.05) is 6.07 Å². The van der Waals surface area contributed by atoms with Crippen LogP contribution in [0.15, 0.2) is 53.5 Å². The number of aromatic carboxylic acids is 1. The summed E-state index contributed by atoms with van der Waals surface area (Å²) < 4.78 is 1.26. The van der Waals surface area contributed by atoms with E-state index in [0.717, 1.165) is 0 Å². The smallest absolute Gasteiger partial charge is 0.360 e. The van der Waals surface area contributed by atoms with Crippen LogP contribution in [-0.4, -0.2) is 25.6 Å². The maximum absolute atomic E-state index is 12.3. The quantitative estimate of drug-likeness (QED) is 0.760. The van der Waals surface area contributed by atoms with Gasteiger partial charge in [-0.25, -0.2) is 14.8 Å². The van der Waals surface area contributed by atoms with Crippen LogP contribution >= 0.6 is 0 Å². The first kappa shape index (κ1) is 12.0. The summed E-state index contributed by atoms with van der Waals surface area (Å²) in [6.07, 6.45) is 1.53. The van der Waals surface area contributed by atoms with Crippen molar-refractivity contribution in [1.82, 2.24) is 14.5 Å². The normalized spacial score (nSPS) is 10.6. The molecule has 2 heterocycles. The highest BCUT2D eigenvalue weighted by Gasteiger charge is 2.17. The molecule has 0 amide bonds. The third-order valence-corrected chi connectivity index (χ3v) is 2.83. The molecule has 0 radical (unpaired) electrons. The van der Waals surface area contributed by atoms with Gasteiger partial charge >= 0.3 is 5.97 Å². The van der Waals surface area contributed by atoms with Crippen LogP contribution in [-0.2, 0) is 0 Å². The Kier molecular flexibility index (Phi) is 2.76. The highest BCUT2D eigenvalue weighted by atomic mass is 16.4. The summed E-state index contributed by atoms with van der Waals surface area (Å²) in [5, 5.41) is 9.10. The van der Waals surface area contributed by atoms with Gasteiger partial charge in [0.15, 0.2) is 5.65 Å². The van der Waals surface area contributed by atoms with Crippen molar-refractivity contribution in [2.24, 2.45) is 0 Å². The van der Waals surface area contributed by atoms with Gasteiger partial charge in [0.2, 0.25) is 5.69 Å². The summed E-state index contributed by atoms with van der Waals surface area (Å²) in [7, 11) is 0. The predicted octanol–water partition coefficient (Wildman–Crippen LogP) is 1.48. The number of aromatic nitrogens is 3. The summed E-state index contributed by atoms with van der Waals surface area (Å²) in [4.78, 5) is 31.4. The Morgan fingerprint density at radius 2 is 1.85 bits per heavy atom. The number of rotatable bonds is 2. The van der Waals surface area contributed by atoms with Gasteiger partial charge in [-0.1, -0.05) is 18.2 Å². The minimum Gasteiger partial charge on any atom is -0.476 e. The highest BCUT2D eigenvalue weighted by Crippen LogP contribution is 2.12. The van der Waals surface area contributed by atoms with Crippen molar-refractivity contribution in [2.45, 2.75) is 0 Å². The molecule has 6 heteroatoms. The molecule has 20 heavy (non-hydrogen) atoms. The largest absolute Gasteiger partial charge is 0.476 e. The number of hydrogen-bond donors (Lipinski definition) is 1. The van der Waals surface area contributed by atoms with Crippen molar-refractivity contribution in [3.05, 3.63) is 64.7 Å². The van der Waals surface area contributed by atoms with Crippen molar-refractivity contribution < 1.29 is 9.90 Å². The maximum atomic E-state index is 12.3. The van der Waals surface area contributed by atoms with Gasteiger partial charge in [-0.3, -0.25) is 9.36 Å². The molecule has 0 aliphatic rings. The molecule has 0 fully saturated rings. The van der Waals surface area contributed by atoms with Crippen molar-refractivity contribution in [3.63, 3.8) is 0 Å². The number of nitrogens with zero attached hydrogens (tertiary/aromatic N) is 3.